The number of aliphatic imine (C=N–C) groups is 1. The summed E-state index contributed by atoms with van der Waals surface area (Å²) in [7, 11) is 0. The number of hydrogen-bond donors (Lipinski definition) is 1. The van der Waals surface area contributed by atoms with Gasteiger partial charge in [0.2, 0.25) is 5.91 Å². The van der Waals surface area contributed by atoms with Crippen LogP contribution in [0, 0.1) is 6.92 Å². The lowest BCUT2D eigenvalue weighted by atomic mass is 9.85. The summed E-state index contributed by atoms with van der Waals surface area (Å²) in [6.45, 7) is 9.66. The fraction of sp³-hybridized carbons (Fsp3) is 0.579. The van der Waals surface area contributed by atoms with Gasteiger partial charge in [-0.25, -0.2) is 0 Å². The van der Waals surface area contributed by atoms with E-state index >= 15 is 0 Å². The number of anilines is 1. The third kappa shape index (κ3) is 3.47. The van der Waals surface area contributed by atoms with Crippen LogP contribution in [-0.4, -0.2) is 25.2 Å². The second-order valence-corrected chi connectivity index (χ2v) is 6.83. The van der Waals surface area contributed by atoms with Crippen molar-refractivity contribution in [3.8, 4) is 0 Å². The van der Waals surface area contributed by atoms with Gasteiger partial charge in [0, 0.05) is 12.8 Å². The SMILES string of the molecule is CCCCCN1C(=O)C(C)(C)c2cc(C)c(N=CCCN)cc21. The molecule has 23 heavy (non-hydrogen) atoms. The molecular weight excluding hydrogens is 286 g/mol. The van der Waals surface area contributed by atoms with Crippen LogP contribution in [0.3, 0.4) is 0 Å². The molecule has 0 aromatic heterocycles. The Balaban J connectivity index is 2.38. The van der Waals surface area contributed by atoms with E-state index in [0.717, 1.165) is 54.7 Å². The molecule has 0 atom stereocenters. The predicted molar refractivity (Wildman–Crippen MR) is 97.9 cm³/mol. The number of fused-ring (bicyclic) bond motifs is 1. The van der Waals surface area contributed by atoms with E-state index in [9.17, 15) is 4.79 Å². The van der Waals surface area contributed by atoms with Crippen LogP contribution in [0.15, 0.2) is 17.1 Å². The van der Waals surface area contributed by atoms with Gasteiger partial charge in [-0.05, 0) is 57.4 Å². The maximum Gasteiger partial charge on any atom is 0.237 e. The number of nitrogens with zero attached hydrogens (tertiary/aromatic N) is 2. The quantitative estimate of drug-likeness (QED) is 0.613. The Kier molecular flexibility index (Phi) is 5.58. The first-order valence-corrected chi connectivity index (χ1v) is 8.63. The molecule has 0 unspecified atom stereocenters. The highest BCUT2D eigenvalue weighted by molar-refractivity contribution is 6.08. The molecule has 126 valence electrons. The standard InChI is InChI=1S/C19H29N3O/c1-5-6-7-11-22-17-13-16(21-10-8-9-20)14(2)12-15(17)19(3,4)18(22)23/h10,12-13H,5-9,11,20H2,1-4H3. The van der Waals surface area contributed by atoms with E-state index < -0.39 is 5.41 Å². The maximum absolute atomic E-state index is 12.8. The summed E-state index contributed by atoms with van der Waals surface area (Å²) in [6, 6.07) is 4.19. The topological polar surface area (TPSA) is 58.7 Å². The number of aryl methyl sites for hydroxylation is 1. The van der Waals surface area contributed by atoms with Gasteiger partial charge in [0.05, 0.1) is 16.8 Å². The number of nitrogens with two attached hydrogens (primary N) is 1. The van der Waals surface area contributed by atoms with Crippen LogP contribution in [0.2, 0.25) is 0 Å². The van der Waals surface area contributed by atoms with E-state index in [4.69, 9.17) is 5.73 Å². The molecule has 2 N–H and O–H groups in total. The molecule has 2 rings (SSSR count). The Labute approximate surface area is 139 Å². The van der Waals surface area contributed by atoms with Crippen LogP contribution in [0.5, 0.6) is 0 Å². The molecule has 4 nitrogen and oxygen atoms in total. The van der Waals surface area contributed by atoms with E-state index in [-0.39, 0.29) is 5.91 Å². The lowest BCUT2D eigenvalue weighted by Gasteiger charge is -2.20. The zero-order valence-electron chi connectivity index (χ0n) is 14.9. The number of carbonyl (C=O) groups excluding carboxylic acids is 1. The Bertz CT molecular complexity index is 605. The minimum absolute atomic E-state index is 0.200. The highest BCUT2D eigenvalue weighted by Gasteiger charge is 2.43. The summed E-state index contributed by atoms with van der Waals surface area (Å²) < 4.78 is 0. The highest BCUT2D eigenvalue weighted by atomic mass is 16.2. The van der Waals surface area contributed by atoms with Gasteiger partial charge >= 0.3 is 0 Å². The lowest BCUT2D eigenvalue weighted by Crippen LogP contribution is -2.36. The first-order chi connectivity index (χ1) is 10.9. The van der Waals surface area contributed by atoms with Crippen LogP contribution in [0.4, 0.5) is 11.4 Å². The minimum Gasteiger partial charge on any atom is -0.330 e. The molecule has 1 aliphatic rings. The van der Waals surface area contributed by atoms with E-state index in [0.29, 0.717) is 6.54 Å². The fourth-order valence-electron chi connectivity index (χ4n) is 3.09. The van der Waals surface area contributed by atoms with Gasteiger partial charge in [0.15, 0.2) is 0 Å². The highest BCUT2D eigenvalue weighted by Crippen LogP contribution is 2.44. The number of hydrogen-bond acceptors (Lipinski definition) is 3. The maximum atomic E-state index is 12.8. The average molecular weight is 315 g/mol. The monoisotopic (exact) mass is 315 g/mol. The third-order valence-corrected chi connectivity index (χ3v) is 4.57. The van der Waals surface area contributed by atoms with Gasteiger partial charge in [-0.15, -0.1) is 0 Å². The van der Waals surface area contributed by atoms with Crippen LogP contribution >= 0.6 is 0 Å². The van der Waals surface area contributed by atoms with Gasteiger partial charge in [-0.3, -0.25) is 9.79 Å². The summed E-state index contributed by atoms with van der Waals surface area (Å²) in [4.78, 5) is 19.3. The molecule has 1 aromatic rings. The van der Waals surface area contributed by atoms with Crippen LogP contribution < -0.4 is 10.6 Å². The second-order valence-electron chi connectivity index (χ2n) is 6.83. The minimum atomic E-state index is -0.453. The predicted octanol–water partition coefficient (Wildman–Crippen LogP) is 3.86. The van der Waals surface area contributed by atoms with Crippen LogP contribution in [0.1, 0.15) is 57.6 Å². The van der Waals surface area contributed by atoms with Crippen molar-refractivity contribution in [1.82, 2.24) is 0 Å². The van der Waals surface area contributed by atoms with Crippen LogP contribution in [-0.2, 0) is 10.2 Å². The first-order valence-electron chi connectivity index (χ1n) is 8.63. The summed E-state index contributed by atoms with van der Waals surface area (Å²) in [6.07, 6.45) is 5.96. The molecule has 4 heteroatoms. The molecule has 0 radical (unpaired) electrons. The summed E-state index contributed by atoms with van der Waals surface area (Å²) in [5, 5.41) is 0. The smallest absolute Gasteiger partial charge is 0.237 e. The molecule has 0 spiro atoms. The zero-order valence-corrected chi connectivity index (χ0v) is 14.9. The van der Waals surface area contributed by atoms with Gasteiger partial charge in [0.1, 0.15) is 0 Å². The molecule has 0 saturated heterocycles. The zero-order chi connectivity index (χ0) is 17.0. The van der Waals surface area contributed by atoms with E-state index in [1.165, 1.54) is 0 Å². The molecule has 0 saturated carbocycles. The largest absolute Gasteiger partial charge is 0.330 e. The number of benzene rings is 1. The van der Waals surface area contributed by atoms with Crippen molar-refractivity contribution in [3.63, 3.8) is 0 Å². The second kappa shape index (κ2) is 7.26. The summed E-state index contributed by atoms with van der Waals surface area (Å²) in [5.41, 5.74) is 9.26. The number of rotatable bonds is 7. The van der Waals surface area contributed by atoms with Crippen molar-refractivity contribution in [3.05, 3.63) is 23.3 Å². The Morgan fingerprint density at radius 1 is 1.30 bits per heavy atom. The van der Waals surface area contributed by atoms with Crippen LogP contribution in [0.25, 0.3) is 0 Å². The molecule has 1 amide bonds. The van der Waals surface area contributed by atoms with E-state index in [1.54, 1.807) is 0 Å². The normalized spacial score (nSPS) is 16.4. The van der Waals surface area contributed by atoms with Crippen molar-refractivity contribution in [2.24, 2.45) is 10.7 Å². The fourth-order valence-corrected chi connectivity index (χ4v) is 3.09. The number of amides is 1. The molecule has 1 aromatic carbocycles. The van der Waals surface area contributed by atoms with Gasteiger partial charge in [-0.1, -0.05) is 25.8 Å². The lowest BCUT2D eigenvalue weighted by molar-refractivity contribution is -0.122. The van der Waals surface area contributed by atoms with E-state index in [1.807, 2.05) is 25.0 Å². The summed E-state index contributed by atoms with van der Waals surface area (Å²) in [5.74, 6) is 0.200. The van der Waals surface area contributed by atoms with Gasteiger partial charge in [-0.2, -0.15) is 0 Å². The number of unbranched alkanes of at least 4 members (excludes halogenated alkanes) is 2. The summed E-state index contributed by atoms with van der Waals surface area (Å²) >= 11 is 0. The van der Waals surface area contributed by atoms with Crippen molar-refractivity contribution < 1.29 is 4.79 Å². The molecule has 1 aliphatic heterocycles. The average Bonchev–Trinajstić information content (AvgIpc) is 2.69. The Morgan fingerprint density at radius 2 is 2.04 bits per heavy atom. The molecule has 1 heterocycles. The third-order valence-electron chi connectivity index (χ3n) is 4.57. The molecule has 0 bridgehead atoms. The number of carbonyl (C=O) groups is 1. The van der Waals surface area contributed by atoms with Crippen molar-refractivity contribution in [1.29, 1.82) is 0 Å². The Morgan fingerprint density at radius 3 is 2.70 bits per heavy atom. The van der Waals surface area contributed by atoms with Gasteiger partial charge < -0.3 is 10.6 Å². The molecule has 0 fully saturated rings. The van der Waals surface area contributed by atoms with E-state index in [2.05, 4.69) is 31.0 Å². The Hall–Kier alpha value is -1.68. The molecular formula is C19H29N3O. The molecule has 0 aliphatic carbocycles. The van der Waals surface area contributed by atoms with Crippen molar-refractivity contribution in [2.75, 3.05) is 18.0 Å². The van der Waals surface area contributed by atoms with Crippen molar-refractivity contribution in [2.45, 2.75) is 58.8 Å². The first kappa shape index (κ1) is 17.7. The van der Waals surface area contributed by atoms with Crippen molar-refractivity contribution >= 4 is 23.5 Å². The van der Waals surface area contributed by atoms with Gasteiger partial charge in [0.25, 0.3) is 0 Å².